The Kier molecular flexibility index (Phi) is 6.58. The molecule has 0 aromatic heterocycles. The van der Waals surface area contributed by atoms with Crippen LogP contribution in [0.1, 0.15) is 30.9 Å². The zero-order valence-corrected chi connectivity index (χ0v) is 15.4. The molecule has 0 aliphatic carbocycles. The summed E-state index contributed by atoms with van der Waals surface area (Å²) in [6, 6.07) is 14.8. The van der Waals surface area contributed by atoms with Gasteiger partial charge in [-0.1, -0.05) is 36.8 Å². The van der Waals surface area contributed by atoms with Crippen LogP contribution in [0.25, 0.3) is 0 Å². The van der Waals surface area contributed by atoms with Gasteiger partial charge in [-0.25, -0.2) is 8.42 Å². The van der Waals surface area contributed by atoms with Crippen LogP contribution >= 0.6 is 0 Å². The molecule has 2 aromatic carbocycles. The van der Waals surface area contributed by atoms with Gasteiger partial charge in [-0.3, -0.25) is 9.52 Å². The minimum atomic E-state index is -3.30. The zero-order valence-electron chi connectivity index (χ0n) is 14.6. The van der Waals surface area contributed by atoms with E-state index in [0.717, 1.165) is 5.56 Å². The first-order chi connectivity index (χ1) is 11.9. The van der Waals surface area contributed by atoms with E-state index in [0.29, 0.717) is 30.6 Å². The Morgan fingerprint density at radius 3 is 2.36 bits per heavy atom. The van der Waals surface area contributed by atoms with Crippen molar-refractivity contribution >= 4 is 27.3 Å². The molecule has 0 saturated heterocycles. The van der Waals surface area contributed by atoms with Crippen molar-refractivity contribution in [1.82, 2.24) is 0 Å². The van der Waals surface area contributed by atoms with Crippen LogP contribution in [0.3, 0.4) is 0 Å². The van der Waals surface area contributed by atoms with Crippen LogP contribution in [0.4, 0.5) is 11.4 Å². The summed E-state index contributed by atoms with van der Waals surface area (Å²) in [6.07, 6.45) is 1.64. The molecule has 0 atom stereocenters. The molecule has 0 bridgehead atoms. The summed E-state index contributed by atoms with van der Waals surface area (Å²) in [7, 11) is -3.30. The van der Waals surface area contributed by atoms with Gasteiger partial charge in [0.1, 0.15) is 0 Å². The lowest BCUT2D eigenvalue weighted by Gasteiger charge is -2.09. The zero-order chi connectivity index (χ0) is 18.3. The molecule has 2 N–H and O–H groups in total. The van der Waals surface area contributed by atoms with Crippen molar-refractivity contribution in [1.29, 1.82) is 0 Å². The van der Waals surface area contributed by atoms with Crippen molar-refractivity contribution < 1.29 is 13.2 Å². The number of hydrogen-bond acceptors (Lipinski definition) is 3. The summed E-state index contributed by atoms with van der Waals surface area (Å²) in [5.74, 6) is 0.0191. The lowest BCUT2D eigenvalue weighted by Crippen LogP contribution is -2.16. The Bertz CT molecular complexity index is 815. The average molecular weight is 360 g/mol. The van der Waals surface area contributed by atoms with Crippen LogP contribution < -0.4 is 10.0 Å². The molecule has 6 heteroatoms. The van der Waals surface area contributed by atoms with E-state index in [-0.39, 0.29) is 11.7 Å². The summed E-state index contributed by atoms with van der Waals surface area (Å²) in [5.41, 5.74) is 3.45. The SMILES string of the molecule is CCCS(=O)(=O)Nc1ccc(NC(=O)CCc2cccc(C)c2)cc1. The van der Waals surface area contributed by atoms with Gasteiger partial charge in [-0.05, 0) is 49.6 Å². The third-order valence-corrected chi connectivity index (χ3v) is 5.13. The Morgan fingerprint density at radius 2 is 1.72 bits per heavy atom. The topological polar surface area (TPSA) is 75.3 Å². The molecule has 0 unspecified atom stereocenters. The number of anilines is 2. The Labute approximate surface area is 149 Å². The second-order valence-electron chi connectivity index (χ2n) is 6.04. The largest absolute Gasteiger partial charge is 0.326 e. The third-order valence-electron chi connectivity index (χ3n) is 3.64. The fourth-order valence-corrected chi connectivity index (χ4v) is 3.60. The van der Waals surface area contributed by atoms with Crippen LogP contribution in [0.15, 0.2) is 48.5 Å². The Morgan fingerprint density at radius 1 is 1.04 bits per heavy atom. The fourth-order valence-electron chi connectivity index (χ4n) is 2.47. The predicted octanol–water partition coefficient (Wildman–Crippen LogP) is 3.72. The molecule has 0 spiro atoms. The number of nitrogens with one attached hydrogen (secondary N) is 2. The van der Waals surface area contributed by atoms with Crippen molar-refractivity contribution in [3.05, 3.63) is 59.7 Å². The van der Waals surface area contributed by atoms with E-state index in [9.17, 15) is 13.2 Å². The van der Waals surface area contributed by atoms with Crippen molar-refractivity contribution in [3.63, 3.8) is 0 Å². The van der Waals surface area contributed by atoms with E-state index in [4.69, 9.17) is 0 Å². The Balaban J connectivity index is 1.87. The average Bonchev–Trinajstić information content (AvgIpc) is 2.54. The lowest BCUT2D eigenvalue weighted by molar-refractivity contribution is -0.116. The highest BCUT2D eigenvalue weighted by molar-refractivity contribution is 7.92. The number of carbonyl (C=O) groups excluding carboxylic acids is 1. The van der Waals surface area contributed by atoms with Crippen LogP contribution in [0.5, 0.6) is 0 Å². The number of carbonyl (C=O) groups is 1. The summed E-state index contributed by atoms with van der Waals surface area (Å²) in [5, 5.41) is 2.83. The van der Waals surface area contributed by atoms with E-state index in [1.165, 1.54) is 5.56 Å². The van der Waals surface area contributed by atoms with Gasteiger partial charge in [0, 0.05) is 17.8 Å². The first-order valence-corrected chi connectivity index (χ1v) is 9.99. The molecule has 1 amide bonds. The van der Waals surface area contributed by atoms with Gasteiger partial charge < -0.3 is 5.32 Å². The maximum absolute atomic E-state index is 12.0. The molecule has 5 nitrogen and oxygen atoms in total. The van der Waals surface area contributed by atoms with Crippen LogP contribution in [0, 0.1) is 6.92 Å². The Hall–Kier alpha value is -2.34. The first-order valence-electron chi connectivity index (χ1n) is 8.34. The lowest BCUT2D eigenvalue weighted by atomic mass is 10.1. The molecule has 134 valence electrons. The molecule has 0 heterocycles. The highest BCUT2D eigenvalue weighted by Gasteiger charge is 2.09. The van der Waals surface area contributed by atoms with E-state index < -0.39 is 10.0 Å². The molecule has 0 aliphatic rings. The molecule has 2 aromatic rings. The monoisotopic (exact) mass is 360 g/mol. The van der Waals surface area contributed by atoms with Crippen LogP contribution in [0.2, 0.25) is 0 Å². The van der Waals surface area contributed by atoms with Gasteiger partial charge in [-0.2, -0.15) is 0 Å². The van der Waals surface area contributed by atoms with Gasteiger partial charge >= 0.3 is 0 Å². The number of sulfonamides is 1. The van der Waals surface area contributed by atoms with Crippen LogP contribution in [-0.2, 0) is 21.2 Å². The first kappa shape index (κ1) is 19.0. The van der Waals surface area contributed by atoms with E-state index >= 15 is 0 Å². The number of benzene rings is 2. The number of rotatable bonds is 8. The van der Waals surface area contributed by atoms with Gasteiger partial charge in [0.15, 0.2) is 0 Å². The van der Waals surface area contributed by atoms with Gasteiger partial charge in [0.05, 0.1) is 5.75 Å². The molecule has 0 saturated carbocycles. The van der Waals surface area contributed by atoms with Crippen molar-refractivity contribution in [2.75, 3.05) is 15.8 Å². The molecule has 2 rings (SSSR count). The third kappa shape index (κ3) is 6.58. The summed E-state index contributed by atoms with van der Waals surface area (Å²) < 4.78 is 26.0. The van der Waals surface area contributed by atoms with E-state index in [1.807, 2.05) is 32.0 Å². The number of hydrogen-bond donors (Lipinski definition) is 2. The smallest absolute Gasteiger partial charge is 0.232 e. The quantitative estimate of drug-likeness (QED) is 0.753. The summed E-state index contributed by atoms with van der Waals surface area (Å²) >= 11 is 0. The molecule has 0 radical (unpaired) electrons. The minimum absolute atomic E-state index is 0.0687. The van der Waals surface area contributed by atoms with Crippen LogP contribution in [-0.4, -0.2) is 20.1 Å². The predicted molar refractivity (Wildman–Crippen MR) is 102 cm³/mol. The minimum Gasteiger partial charge on any atom is -0.326 e. The fraction of sp³-hybridized carbons (Fsp3) is 0.316. The van der Waals surface area contributed by atoms with Crippen molar-refractivity contribution in [2.45, 2.75) is 33.1 Å². The van der Waals surface area contributed by atoms with Gasteiger partial charge in [0.25, 0.3) is 0 Å². The maximum Gasteiger partial charge on any atom is 0.232 e. The van der Waals surface area contributed by atoms with Gasteiger partial charge in [0.2, 0.25) is 15.9 Å². The highest BCUT2D eigenvalue weighted by atomic mass is 32.2. The van der Waals surface area contributed by atoms with E-state index in [2.05, 4.69) is 16.1 Å². The van der Waals surface area contributed by atoms with Crippen molar-refractivity contribution in [3.8, 4) is 0 Å². The van der Waals surface area contributed by atoms with Gasteiger partial charge in [-0.15, -0.1) is 0 Å². The maximum atomic E-state index is 12.0. The highest BCUT2D eigenvalue weighted by Crippen LogP contribution is 2.16. The normalized spacial score (nSPS) is 11.1. The second-order valence-corrected chi connectivity index (χ2v) is 7.88. The summed E-state index contributed by atoms with van der Waals surface area (Å²) in [6.45, 7) is 3.84. The molecule has 0 aliphatic heterocycles. The molecule has 0 fully saturated rings. The summed E-state index contributed by atoms with van der Waals surface area (Å²) in [4.78, 5) is 12.0. The standard InChI is InChI=1S/C19H24N2O3S/c1-3-13-25(23,24)21-18-10-8-17(9-11-18)20-19(22)12-7-16-6-4-5-15(2)14-16/h4-6,8-11,14,21H,3,7,12-13H2,1-2H3,(H,20,22). The molecular weight excluding hydrogens is 336 g/mol. The van der Waals surface area contributed by atoms with Crippen molar-refractivity contribution in [2.24, 2.45) is 0 Å². The number of aryl methyl sites for hydroxylation is 2. The molecule has 25 heavy (non-hydrogen) atoms. The molecular formula is C19H24N2O3S. The second kappa shape index (κ2) is 8.67. The van der Waals surface area contributed by atoms with E-state index in [1.54, 1.807) is 24.3 Å². The number of amides is 1.